The van der Waals surface area contributed by atoms with E-state index in [1.807, 2.05) is 12.3 Å². The number of carbonyl (C=O) groups is 1. The van der Waals surface area contributed by atoms with E-state index >= 15 is 0 Å². The number of likely N-dealkylation sites (N-methyl/N-ethyl adjacent to an activating group) is 1. The van der Waals surface area contributed by atoms with Crippen molar-refractivity contribution in [2.45, 2.75) is 26.2 Å². The van der Waals surface area contributed by atoms with E-state index in [4.69, 9.17) is 0 Å². The molecule has 5 nitrogen and oxygen atoms in total. The van der Waals surface area contributed by atoms with Crippen LogP contribution in [0.3, 0.4) is 0 Å². The van der Waals surface area contributed by atoms with Crippen LogP contribution in [0.15, 0.2) is 34.9 Å². The van der Waals surface area contributed by atoms with Gasteiger partial charge in [0.2, 0.25) is 5.91 Å². The van der Waals surface area contributed by atoms with Crippen molar-refractivity contribution in [3.63, 3.8) is 0 Å². The first-order chi connectivity index (χ1) is 13.6. The van der Waals surface area contributed by atoms with Gasteiger partial charge in [-0.15, -0.1) is 0 Å². The van der Waals surface area contributed by atoms with Crippen LogP contribution in [0.25, 0.3) is 10.9 Å². The van der Waals surface area contributed by atoms with Gasteiger partial charge in [0.05, 0.1) is 5.52 Å². The summed E-state index contributed by atoms with van der Waals surface area (Å²) in [6.45, 7) is 9.11. The minimum atomic E-state index is 0.354. The van der Waals surface area contributed by atoms with Gasteiger partial charge in [-0.3, -0.25) is 9.78 Å². The number of piperidine rings is 1. The molecule has 2 fully saturated rings. The third kappa shape index (κ3) is 4.33. The van der Waals surface area contributed by atoms with E-state index in [0.717, 1.165) is 68.6 Å². The highest BCUT2D eigenvalue weighted by atomic mass is 79.9. The zero-order valence-corrected chi connectivity index (χ0v) is 18.2. The van der Waals surface area contributed by atoms with Gasteiger partial charge in [-0.25, -0.2) is 0 Å². The van der Waals surface area contributed by atoms with Crippen LogP contribution in [0, 0.1) is 5.92 Å². The zero-order valence-electron chi connectivity index (χ0n) is 16.6. The molecule has 1 amide bonds. The Hall–Kier alpha value is -1.66. The van der Waals surface area contributed by atoms with Crippen LogP contribution in [-0.2, 0) is 4.79 Å². The van der Waals surface area contributed by atoms with Crippen molar-refractivity contribution in [1.82, 2.24) is 14.8 Å². The summed E-state index contributed by atoms with van der Waals surface area (Å²) >= 11 is 3.58. The van der Waals surface area contributed by atoms with Crippen LogP contribution in [-0.4, -0.2) is 66.5 Å². The lowest BCUT2D eigenvalue weighted by Crippen LogP contribution is -2.49. The fraction of sp³-hybridized carbons (Fsp3) is 0.545. The molecule has 4 rings (SSSR count). The van der Waals surface area contributed by atoms with Gasteiger partial charge in [0.15, 0.2) is 0 Å². The van der Waals surface area contributed by atoms with Crippen LogP contribution in [0.4, 0.5) is 5.69 Å². The molecule has 0 aliphatic carbocycles. The standard InChI is InChI=1S/C22H29BrN4O/c1-2-25-11-13-27(14-12-25)22(28)15-17-6-9-26(10-7-17)21-5-8-24-20-4-3-18(23)16-19(20)21/h3-5,8,16-17H,2,6-7,9-15H2,1H3. The summed E-state index contributed by atoms with van der Waals surface area (Å²) < 4.78 is 1.08. The summed E-state index contributed by atoms with van der Waals surface area (Å²) in [5.41, 5.74) is 2.29. The van der Waals surface area contributed by atoms with Gasteiger partial charge in [0.1, 0.15) is 0 Å². The second kappa shape index (κ2) is 8.78. The number of benzene rings is 1. The third-order valence-electron chi connectivity index (χ3n) is 6.27. The van der Waals surface area contributed by atoms with E-state index in [0.29, 0.717) is 18.2 Å². The van der Waals surface area contributed by atoms with E-state index < -0.39 is 0 Å². The maximum Gasteiger partial charge on any atom is 0.222 e. The second-order valence-corrected chi connectivity index (χ2v) is 8.86. The average Bonchev–Trinajstić information content (AvgIpc) is 2.74. The number of rotatable bonds is 4. The van der Waals surface area contributed by atoms with Crippen molar-refractivity contribution in [2.75, 3.05) is 50.7 Å². The lowest BCUT2D eigenvalue weighted by atomic mass is 9.92. The Labute approximate surface area is 175 Å². The van der Waals surface area contributed by atoms with Crippen LogP contribution >= 0.6 is 15.9 Å². The Morgan fingerprint density at radius 3 is 2.57 bits per heavy atom. The Balaban J connectivity index is 1.34. The number of amides is 1. The number of pyridine rings is 1. The number of halogens is 1. The first kappa shape index (κ1) is 19.6. The van der Waals surface area contributed by atoms with Gasteiger partial charge in [-0.05, 0) is 49.6 Å². The summed E-state index contributed by atoms with van der Waals surface area (Å²) in [4.78, 5) is 24.1. The van der Waals surface area contributed by atoms with Crippen molar-refractivity contribution >= 4 is 38.4 Å². The highest BCUT2D eigenvalue weighted by molar-refractivity contribution is 9.10. The normalized spacial score (nSPS) is 19.4. The number of hydrogen-bond donors (Lipinski definition) is 0. The molecule has 0 N–H and O–H groups in total. The average molecular weight is 445 g/mol. The summed E-state index contributed by atoms with van der Waals surface area (Å²) in [5.74, 6) is 0.861. The maximum atomic E-state index is 12.7. The quantitative estimate of drug-likeness (QED) is 0.719. The van der Waals surface area contributed by atoms with E-state index in [1.54, 1.807) is 0 Å². The number of anilines is 1. The largest absolute Gasteiger partial charge is 0.371 e. The van der Waals surface area contributed by atoms with Crippen LogP contribution in [0.1, 0.15) is 26.2 Å². The van der Waals surface area contributed by atoms with E-state index in [2.05, 4.69) is 60.7 Å². The monoisotopic (exact) mass is 444 g/mol. The highest BCUT2D eigenvalue weighted by Gasteiger charge is 2.26. The fourth-order valence-corrected chi connectivity index (χ4v) is 4.81. The fourth-order valence-electron chi connectivity index (χ4n) is 4.45. The summed E-state index contributed by atoms with van der Waals surface area (Å²) in [6.07, 6.45) is 4.77. The van der Waals surface area contributed by atoms with Crippen molar-refractivity contribution < 1.29 is 4.79 Å². The topological polar surface area (TPSA) is 39.7 Å². The van der Waals surface area contributed by atoms with Gasteiger partial charge in [-0.1, -0.05) is 22.9 Å². The molecule has 6 heteroatoms. The molecule has 0 spiro atoms. The molecule has 0 radical (unpaired) electrons. The second-order valence-electron chi connectivity index (χ2n) is 7.94. The first-order valence-electron chi connectivity index (χ1n) is 10.4. The van der Waals surface area contributed by atoms with Crippen LogP contribution in [0.2, 0.25) is 0 Å². The van der Waals surface area contributed by atoms with Crippen molar-refractivity contribution in [3.8, 4) is 0 Å². The number of hydrogen-bond acceptors (Lipinski definition) is 4. The molecule has 0 saturated carbocycles. The number of nitrogens with zero attached hydrogens (tertiary/aromatic N) is 4. The molecule has 0 unspecified atom stereocenters. The molecule has 28 heavy (non-hydrogen) atoms. The Bertz CT molecular complexity index is 826. The molecule has 2 aliphatic rings. The summed E-state index contributed by atoms with van der Waals surface area (Å²) in [6, 6.07) is 8.38. The molecule has 2 aliphatic heterocycles. The number of aromatic nitrogens is 1. The van der Waals surface area contributed by atoms with Crippen LogP contribution in [0.5, 0.6) is 0 Å². The van der Waals surface area contributed by atoms with Gasteiger partial charge in [-0.2, -0.15) is 0 Å². The minimum absolute atomic E-state index is 0.354. The lowest BCUT2D eigenvalue weighted by molar-refractivity contribution is -0.134. The predicted octanol–water partition coefficient (Wildman–Crippen LogP) is 3.77. The van der Waals surface area contributed by atoms with E-state index in [-0.39, 0.29) is 0 Å². The maximum absolute atomic E-state index is 12.7. The van der Waals surface area contributed by atoms with E-state index in [1.165, 1.54) is 11.1 Å². The summed E-state index contributed by atoms with van der Waals surface area (Å²) in [7, 11) is 0. The molecule has 1 aromatic heterocycles. The molecule has 3 heterocycles. The number of carbonyl (C=O) groups excluding carboxylic acids is 1. The first-order valence-corrected chi connectivity index (χ1v) is 11.2. The molecule has 2 aromatic rings. The van der Waals surface area contributed by atoms with Gasteiger partial charge < -0.3 is 14.7 Å². The minimum Gasteiger partial charge on any atom is -0.371 e. The SMILES string of the molecule is CCN1CCN(C(=O)CC2CCN(c3ccnc4ccc(Br)cc34)CC2)CC1. The predicted molar refractivity (Wildman–Crippen MR) is 118 cm³/mol. The van der Waals surface area contributed by atoms with Crippen LogP contribution < -0.4 is 4.90 Å². The van der Waals surface area contributed by atoms with Gasteiger partial charge in [0, 0.05) is 67.4 Å². The molecular formula is C22H29BrN4O. The molecule has 1 aromatic carbocycles. The third-order valence-corrected chi connectivity index (χ3v) is 6.76. The molecular weight excluding hydrogens is 416 g/mol. The zero-order chi connectivity index (χ0) is 19.5. The van der Waals surface area contributed by atoms with Crippen molar-refractivity contribution in [1.29, 1.82) is 0 Å². The Morgan fingerprint density at radius 2 is 1.86 bits per heavy atom. The van der Waals surface area contributed by atoms with Crippen molar-refractivity contribution in [2.24, 2.45) is 5.92 Å². The van der Waals surface area contributed by atoms with E-state index in [9.17, 15) is 4.79 Å². The molecule has 150 valence electrons. The molecule has 2 saturated heterocycles. The highest BCUT2D eigenvalue weighted by Crippen LogP contribution is 2.32. The smallest absolute Gasteiger partial charge is 0.222 e. The summed E-state index contributed by atoms with van der Waals surface area (Å²) in [5, 5.41) is 1.19. The van der Waals surface area contributed by atoms with Gasteiger partial charge in [0.25, 0.3) is 0 Å². The molecule has 0 atom stereocenters. The lowest BCUT2D eigenvalue weighted by Gasteiger charge is -2.37. The van der Waals surface area contributed by atoms with Crippen molar-refractivity contribution in [3.05, 3.63) is 34.9 Å². The Kier molecular flexibility index (Phi) is 6.16. The number of fused-ring (bicyclic) bond motifs is 1. The Morgan fingerprint density at radius 1 is 1.11 bits per heavy atom. The molecule has 0 bridgehead atoms. The van der Waals surface area contributed by atoms with Gasteiger partial charge >= 0.3 is 0 Å². The number of piperazine rings is 1.